The van der Waals surface area contributed by atoms with Crippen LogP contribution in [-0.2, 0) is 21.8 Å². The predicted molar refractivity (Wildman–Crippen MR) is 115 cm³/mol. The summed E-state index contributed by atoms with van der Waals surface area (Å²) in [5, 5.41) is 1.28. The number of aryl methyl sites for hydroxylation is 1. The van der Waals surface area contributed by atoms with Crippen LogP contribution in [0, 0.1) is 6.92 Å². The van der Waals surface area contributed by atoms with Gasteiger partial charge in [-0.1, -0.05) is 36.0 Å². The molecule has 0 spiro atoms. The Balaban J connectivity index is 1.75. The maximum absolute atomic E-state index is 12.9. The molecule has 0 amide bonds. The number of nitrogens with one attached hydrogen (secondary N) is 1. The molecule has 9 heteroatoms. The molecule has 0 saturated heterocycles. The predicted octanol–water partition coefficient (Wildman–Crippen LogP) is 2.41. The largest absolute Gasteiger partial charge is 0.468 e. The van der Waals surface area contributed by atoms with E-state index in [4.69, 9.17) is 4.74 Å². The fourth-order valence-electron chi connectivity index (χ4n) is 3.14. The van der Waals surface area contributed by atoms with Crippen molar-refractivity contribution in [2.45, 2.75) is 24.4 Å². The molecule has 0 fully saturated rings. The third-order valence-corrected chi connectivity index (χ3v) is 5.65. The molecule has 0 unspecified atom stereocenters. The topological polar surface area (TPSA) is 107 Å². The number of nitrogens with zero attached hydrogens (tertiary/aromatic N) is 3. The van der Waals surface area contributed by atoms with Gasteiger partial charge in [0.25, 0.3) is 11.1 Å². The van der Waals surface area contributed by atoms with Crippen LogP contribution in [0.2, 0.25) is 0 Å². The lowest BCUT2D eigenvalue weighted by molar-refractivity contribution is -0.141. The highest BCUT2D eigenvalue weighted by molar-refractivity contribution is 7.98. The third-order valence-electron chi connectivity index (χ3n) is 4.67. The van der Waals surface area contributed by atoms with Gasteiger partial charge in [-0.2, -0.15) is 0 Å². The van der Waals surface area contributed by atoms with Gasteiger partial charge in [-0.15, -0.1) is 0 Å². The fraction of sp³-hybridized carbons (Fsp3) is 0.190. The number of aromatic amines is 1. The molecule has 152 valence electrons. The molecule has 1 N–H and O–H groups in total. The molecule has 4 aromatic rings. The number of aromatic nitrogens is 4. The Bertz CT molecular complexity index is 1390. The van der Waals surface area contributed by atoms with Crippen molar-refractivity contribution in [2.24, 2.45) is 0 Å². The van der Waals surface area contributed by atoms with Gasteiger partial charge < -0.3 is 9.72 Å². The molecule has 0 radical (unpaired) electrons. The van der Waals surface area contributed by atoms with E-state index in [9.17, 15) is 14.4 Å². The Hall–Kier alpha value is -3.46. The number of hydrogen-bond donors (Lipinski definition) is 1. The minimum Gasteiger partial charge on any atom is -0.468 e. The summed E-state index contributed by atoms with van der Waals surface area (Å²) in [6.07, 6.45) is 0. The van der Waals surface area contributed by atoms with E-state index < -0.39 is 5.97 Å². The Kier molecular flexibility index (Phi) is 5.37. The number of benzene rings is 2. The zero-order valence-corrected chi connectivity index (χ0v) is 17.2. The monoisotopic (exact) mass is 422 g/mol. The highest BCUT2D eigenvalue weighted by atomic mass is 32.2. The third kappa shape index (κ3) is 3.71. The van der Waals surface area contributed by atoms with Crippen molar-refractivity contribution < 1.29 is 9.53 Å². The molecule has 2 aromatic carbocycles. The molecule has 0 bridgehead atoms. The number of para-hydroxylation sites is 2. The van der Waals surface area contributed by atoms with Gasteiger partial charge in [0.1, 0.15) is 12.4 Å². The molecular weight excluding hydrogens is 404 g/mol. The van der Waals surface area contributed by atoms with Crippen molar-refractivity contribution in [3.05, 3.63) is 74.6 Å². The van der Waals surface area contributed by atoms with Crippen LogP contribution in [-0.4, -0.2) is 32.6 Å². The van der Waals surface area contributed by atoms with Crippen LogP contribution in [0.15, 0.2) is 57.2 Å². The van der Waals surface area contributed by atoms with Crippen molar-refractivity contribution in [1.82, 2.24) is 19.5 Å². The van der Waals surface area contributed by atoms with E-state index in [-0.39, 0.29) is 23.4 Å². The van der Waals surface area contributed by atoms with Crippen molar-refractivity contribution in [1.29, 1.82) is 0 Å². The highest BCUT2D eigenvalue weighted by Gasteiger charge is 2.15. The minimum absolute atomic E-state index is 0.224. The van der Waals surface area contributed by atoms with Gasteiger partial charge in [-0.3, -0.25) is 19.0 Å². The zero-order chi connectivity index (χ0) is 21.3. The SMILES string of the molecule is COC(=O)Cn1c(SCc2nc3c(C)cccc3c(=O)[nH]2)nc2ccccc2c1=O. The minimum atomic E-state index is -0.552. The Morgan fingerprint density at radius 2 is 1.87 bits per heavy atom. The number of esters is 1. The number of fused-ring (bicyclic) bond motifs is 2. The first-order valence-electron chi connectivity index (χ1n) is 9.15. The van der Waals surface area contributed by atoms with Crippen molar-refractivity contribution in [3.8, 4) is 0 Å². The second-order valence-corrected chi connectivity index (χ2v) is 7.59. The second-order valence-electron chi connectivity index (χ2n) is 6.65. The van der Waals surface area contributed by atoms with Gasteiger partial charge in [0.2, 0.25) is 0 Å². The first-order valence-corrected chi connectivity index (χ1v) is 10.1. The van der Waals surface area contributed by atoms with Crippen LogP contribution in [0.1, 0.15) is 11.4 Å². The van der Waals surface area contributed by atoms with Gasteiger partial charge >= 0.3 is 5.97 Å². The van der Waals surface area contributed by atoms with Gasteiger partial charge in [-0.25, -0.2) is 9.97 Å². The molecule has 2 aromatic heterocycles. The van der Waals surface area contributed by atoms with Crippen molar-refractivity contribution in [3.63, 3.8) is 0 Å². The average molecular weight is 422 g/mol. The first-order chi connectivity index (χ1) is 14.5. The molecule has 0 aliphatic rings. The van der Waals surface area contributed by atoms with Gasteiger partial charge in [0, 0.05) is 0 Å². The standard InChI is InChI=1S/C21H18N4O4S/c1-12-6-5-8-14-18(12)23-16(24-19(14)27)11-30-21-22-15-9-4-3-7-13(15)20(28)25(21)10-17(26)29-2/h3-9H,10-11H2,1-2H3,(H,23,24,27). The van der Waals surface area contributed by atoms with E-state index in [2.05, 4.69) is 15.0 Å². The summed E-state index contributed by atoms with van der Waals surface area (Å²) >= 11 is 1.22. The molecule has 4 rings (SSSR count). The Morgan fingerprint density at radius 1 is 1.10 bits per heavy atom. The van der Waals surface area contributed by atoms with Crippen LogP contribution < -0.4 is 11.1 Å². The molecular formula is C21H18N4O4S. The normalized spacial score (nSPS) is 11.1. The maximum atomic E-state index is 12.9. The van der Waals surface area contributed by atoms with Crippen molar-refractivity contribution in [2.75, 3.05) is 7.11 Å². The molecule has 0 saturated carbocycles. The smallest absolute Gasteiger partial charge is 0.325 e. The number of hydrogen-bond acceptors (Lipinski definition) is 7. The van der Waals surface area contributed by atoms with E-state index in [0.29, 0.717) is 32.8 Å². The van der Waals surface area contributed by atoms with E-state index in [1.807, 2.05) is 19.1 Å². The van der Waals surface area contributed by atoms with Crippen molar-refractivity contribution >= 4 is 39.5 Å². The van der Waals surface area contributed by atoms with Gasteiger partial charge in [0.15, 0.2) is 5.16 Å². The molecule has 0 aliphatic heterocycles. The highest BCUT2D eigenvalue weighted by Crippen LogP contribution is 2.22. The summed E-state index contributed by atoms with van der Waals surface area (Å²) in [6, 6.07) is 12.4. The number of H-pyrrole nitrogens is 1. The van der Waals surface area contributed by atoms with E-state index in [1.165, 1.54) is 23.4 Å². The molecule has 8 nitrogen and oxygen atoms in total. The summed E-state index contributed by atoms with van der Waals surface area (Å²) < 4.78 is 6.00. The first kappa shape index (κ1) is 19.8. The second kappa shape index (κ2) is 8.11. The summed E-state index contributed by atoms with van der Waals surface area (Å²) in [5.41, 5.74) is 1.51. The van der Waals surface area contributed by atoms with Crippen LogP contribution >= 0.6 is 11.8 Å². The lowest BCUT2D eigenvalue weighted by Crippen LogP contribution is -2.27. The van der Waals surface area contributed by atoms with Crippen LogP contribution in [0.25, 0.3) is 21.8 Å². The summed E-state index contributed by atoms with van der Waals surface area (Å²) in [5.74, 6) is 0.175. The number of thioether (sulfide) groups is 1. The number of carbonyl (C=O) groups is 1. The Morgan fingerprint density at radius 3 is 2.67 bits per heavy atom. The van der Waals surface area contributed by atoms with E-state index in [0.717, 1.165) is 5.56 Å². The Labute approximate surface area is 174 Å². The van der Waals surface area contributed by atoms with Crippen LogP contribution in [0.3, 0.4) is 0 Å². The lowest BCUT2D eigenvalue weighted by Gasteiger charge is -2.12. The fourth-order valence-corrected chi connectivity index (χ4v) is 4.01. The number of rotatable bonds is 5. The zero-order valence-electron chi connectivity index (χ0n) is 16.3. The maximum Gasteiger partial charge on any atom is 0.325 e. The summed E-state index contributed by atoms with van der Waals surface area (Å²) in [6.45, 7) is 1.64. The number of methoxy groups -OCH3 is 1. The van der Waals surface area contributed by atoms with Crippen LogP contribution in [0.5, 0.6) is 0 Å². The van der Waals surface area contributed by atoms with E-state index >= 15 is 0 Å². The molecule has 0 atom stereocenters. The summed E-state index contributed by atoms with van der Waals surface area (Å²) in [7, 11) is 1.26. The number of carbonyl (C=O) groups excluding carboxylic acids is 1. The lowest BCUT2D eigenvalue weighted by atomic mass is 10.1. The summed E-state index contributed by atoms with van der Waals surface area (Å²) in [4.78, 5) is 49.0. The van der Waals surface area contributed by atoms with Gasteiger partial charge in [-0.05, 0) is 30.7 Å². The quantitative estimate of drug-likeness (QED) is 0.299. The van der Waals surface area contributed by atoms with Crippen LogP contribution in [0.4, 0.5) is 0 Å². The molecule has 30 heavy (non-hydrogen) atoms. The number of ether oxygens (including phenoxy) is 1. The molecule has 0 aliphatic carbocycles. The average Bonchev–Trinajstić information content (AvgIpc) is 2.75. The van der Waals surface area contributed by atoms with Gasteiger partial charge in [0.05, 0.1) is 34.7 Å². The molecule has 2 heterocycles. The van der Waals surface area contributed by atoms with E-state index in [1.54, 1.807) is 30.3 Å².